The van der Waals surface area contributed by atoms with Crippen molar-refractivity contribution >= 4 is 97.1 Å². The summed E-state index contributed by atoms with van der Waals surface area (Å²) in [6.45, 7) is 0. The van der Waals surface area contributed by atoms with Gasteiger partial charge in [0.05, 0.1) is 5.69 Å². The van der Waals surface area contributed by atoms with E-state index in [0.29, 0.717) is 0 Å². The van der Waals surface area contributed by atoms with Crippen molar-refractivity contribution in [1.29, 1.82) is 0 Å². The summed E-state index contributed by atoms with van der Waals surface area (Å²) in [4.78, 5) is 4.85. The quantitative estimate of drug-likeness (QED) is 0.135. The summed E-state index contributed by atoms with van der Waals surface area (Å²) in [5, 5.41) is 5.02. The van der Waals surface area contributed by atoms with Gasteiger partial charge in [-0.15, -0.1) is 22.7 Å². The summed E-state index contributed by atoms with van der Waals surface area (Å²) >= 11 is 3.76. The van der Waals surface area contributed by atoms with Gasteiger partial charge in [-0.3, -0.25) is 0 Å². The third kappa shape index (κ3) is 7.51. The van der Waals surface area contributed by atoms with Crippen LogP contribution in [0.15, 0.2) is 267 Å². The van der Waals surface area contributed by atoms with Crippen molar-refractivity contribution in [3.8, 4) is 44.5 Å². The van der Waals surface area contributed by atoms with Gasteiger partial charge in [0, 0.05) is 85.5 Å². The molecule has 0 radical (unpaired) electrons. The number of thiophene rings is 2. The molecule has 0 unspecified atom stereocenters. The van der Waals surface area contributed by atoms with Crippen LogP contribution in [0.3, 0.4) is 0 Å². The lowest BCUT2D eigenvalue weighted by Crippen LogP contribution is -2.11. The van der Waals surface area contributed by atoms with Crippen LogP contribution in [0.5, 0.6) is 0 Å². The molecule has 2 nitrogen and oxygen atoms in total. The van der Waals surface area contributed by atoms with E-state index in [4.69, 9.17) is 0 Å². The fourth-order valence-electron chi connectivity index (χ4n) is 10.2. The van der Waals surface area contributed by atoms with Crippen LogP contribution in [0, 0.1) is 0 Å². The highest BCUT2D eigenvalue weighted by Crippen LogP contribution is 2.50. The van der Waals surface area contributed by atoms with Crippen LogP contribution in [0.4, 0.5) is 34.1 Å². The molecular formula is C66H44N2S2. The Morgan fingerprint density at radius 1 is 0.229 bits per heavy atom. The summed E-state index contributed by atoms with van der Waals surface area (Å²) in [6.07, 6.45) is 0. The molecular weight excluding hydrogens is 885 g/mol. The fourth-order valence-corrected chi connectivity index (χ4v) is 12.6. The lowest BCUT2D eigenvalue weighted by molar-refractivity contribution is 1.29. The van der Waals surface area contributed by atoms with Crippen molar-refractivity contribution in [3.63, 3.8) is 0 Å². The van der Waals surface area contributed by atoms with Gasteiger partial charge in [-0.1, -0.05) is 170 Å². The predicted molar refractivity (Wildman–Crippen MR) is 303 cm³/mol. The van der Waals surface area contributed by atoms with Crippen molar-refractivity contribution in [2.75, 3.05) is 9.80 Å². The summed E-state index contributed by atoms with van der Waals surface area (Å²) in [6, 6.07) is 97.5. The molecule has 0 saturated heterocycles. The molecule has 0 aliphatic carbocycles. The van der Waals surface area contributed by atoms with E-state index in [1.165, 1.54) is 84.9 Å². The Kier molecular flexibility index (Phi) is 10.6. The van der Waals surface area contributed by atoms with Gasteiger partial charge >= 0.3 is 0 Å². The molecule has 0 N–H and O–H groups in total. The minimum atomic E-state index is 1.10. The van der Waals surface area contributed by atoms with E-state index in [9.17, 15) is 0 Å². The van der Waals surface area contributed by atoms with Crippen LogP contribution < -0.4 is 9.80 Å². The first-order valence-electron chi connectivity index (χ1n) is 23.7. The number of benzene rings is 11. The van der Waals surface area contributed by atoms with Crippen LogP contribution in [0.25, 0.3) is 84.9 Å². The number of rotatable bonds is 10. The molecule has 0 aliphatic heterocycles. The average molecular weight is 929 g/mol. The maximum Gasteiger partial charge on any atom is 0.0540 e. The van der Waals surface area contributed by atoms with Crippen LogP contribution >= 0.6 is 22.7 Å². The minimum Gasteiger partial charge on any atom is -0.310 e. The van der Waals surface area contributed by atoms with Crippen LogP contribution in [-0.2, 0) is 0 Å². The minimum absolute atomic E-state index is 1.10. The molecule has 13 aromatic rings. The molecule has 70 heavy (non-hydrogen) atoms. The van der Waals surface area contributed by atoms with Crippen LogP contribution in [0.1, 0.15) is 0 Å². The van der Waals surface area contributed by atoms with Gasteiger partial charge < -0.3 is 9.80 Å². The number of hydrogen-bond donors (Lipinski definition) is 0. The highest BCUT2D eigenvalue weighted by Gasteiger charge is 2.23. The van der Waals surface area contributed by atoms with Crippen LogP contribution in [0.2, 0.25) is 0 Å². The molecule has 13 rings (SSSR count). The van der Waals surface area contributed by atoms with Gasteiger partial charge in [0.25, 0.3) is 0 Å². The molecule has 2 heterocycles. The first-order valence-corrected chi connectivity index (χ1v) is 25.4. The smallest absolute Gasteiger partial charge is 0.0540 e. The molecule has 0 aliphatic rings. The van der Waals surface area contributed by atoms with E-state index in [1.54, 1.807) is 0 Å². The highest BCUT2D eigenvalue weighted by molar-refractivity contribution is 7.26. The number of nitrogens with zero attached hydrogens (tertiary/aromatic N) is 2. The largest absolute Gasteiger partial charge is 0.310 e. The van der Waals surface area contributed by atoms with Crippen molar-refractivity contribution in [2.24, 2.45) is 0 Å². The zero-order chi connectivity index (χ0) is 46.4. The van der Waals surface area contributed by atoms with E-state index in [2.05, 4.69) is 277 Å². The molecule has 0 atom stereocenters. The van der Waals surface area contributed by atoms with Gasteiger partial charge in [0.2, 0.25) is 0 Å². The van der Waals surface area contributed by atoms with E-state index >= 15 is 0 Å². The van der Waals surface area contributed by atoms with Gasteiger partial charge in [-0.05, 0) is 125 Å². The summed E-state index contributed by atoms with van der Waals surface area (Å²) in [5.74, 6) is 0. The average Bonchev–Trinajstić information content (AvgIpc) is 4.01. The predicted octanol–water partition coefficient (Wildman–Crippen LogP) is 20.0. The monoisotopic (exact) mass is 928 g/mol. The van der Waals surface area contributed by atoms with Crippen LogP contribution in [-0.4, -0.2) is 0 Å². The van der Waals surface area contributed by atoms with Crippen molar-refractivity contribution in [3.05, 3.63) is 267 Å². The first-order chi connectivity index (χ1) is 34.7. The number of anilines is 6. The number of hydrogen-bond acceptors (Lipinski definition) is 4. The summed E-state index contributed by atoms with van der Waals surface area (Å²) in [5.41, 5.74) is 16.1. The van der Waals surface area contributed by atoms with E-state index in [0.717, 1.165) is 34.1 Å². The molecule has 4 heteroatoms. The normalized spacial score (nSPS) is 11.4. The second-order valence-corrected chi connectivity index (χ2v) is 19.8. The topological polar surface area (TPSA) is 6.48 Å². The maximum absolute atomic E-state index is 2.46. The standard InChI is InChI=1S/C66H44N2S2/c1-6-22-45(23-7-1)47-38-48(58-41-53(43-60-56-33-17-20-36-63(56)69-65(58)60)67(50-26-10-3-11-27-50)51-28-12-4-13-29-51)40-49(39-47)59-42-54(44-61-57-34-18-21-37-64(57)70-66(59)61)68(52-30-14-5-15-31-52)62-35-19-16-32-55(62)46-24-8-2-9-25-46/h1-44H. The third-order valence-corrected chi connectivity index (χ3v) is 15.8. The molecule has 2 aromatic heterocycles. The van der Waals surface area contributed by atoms with E-state index in [1.807, 2.05) is 22.7 Å². The SMILES string of the molecule is c1ccc(-c2cc(-c3cc(N(c4ccccc4)c4ccccc4)cc4c3sc3ccccc34)cc(-c3cc(N(c4ccccc4)c4ccccc4-c4ccccc4)cc4c3sc3ccccc34)c2)cc1. The van der Waals surface area contributed by atoms with Gasteiger partial charge in [0.15, 0.2) is 0 Å². The van der Waals surface area contributed by atoms with Crippen molar-refractivity contribution in [1.82, 2.24) is 0 Å². The van der Waals surface area contributed by atoms with E-state index < -0.39 is 0 Å². The second kappa shape index (κ2) is 17.8. The third-order valence-electron chi connectivity index (χ3n) is 13.4. The Hall–Kier alpha value is -8.54. The van der Waals surface area contributed by atoms with Crippen molar-refractivity contribution < 1.29 is 0 Å². The first kappa shape index (κ1) is 41.6. The van der Waals surface area contributed by atoms with Gasteiger partial charge in [0.1, 0.15) is 0 Å². The van der Waals surface area contributed by atoms with Crippen molar-refractivity contribution in [2.45, 2.75) is 0 Å². The zero-order valence-corrected chi connectivity index (χ0v) is 39.7. The highest BCUT2D eigenvalue weighted by atomic mass is 32.1. The Morgan fingerprint density at radius 3 is 1.13 bits per heavy atom. The molecule has 0 saturated carbocycles. The van der Waals surface area contributed by atoms with Gasteiger partial charge in [-0.25, -0.2) is 0 Å². The molecule has 11 aromatic carbocycles. The maximum atomic E-state index is 2.46. The van der Waals surface area contributed by atoms with Gasteiger partial charge in [-0.2, -0.15) is 0 Å². The Bertz CT molecular complexity index is 3960. The second-order valence-electron chi connectivity index (χ2n) is 17.7. The zero-order valence-electron chi connectivity index (χ0n) is 38.1. The Balaban J connectivity index is 1.10. The Labute approximate surface area is 415 Å². The number of fused-ring (bicyclic) bond motifs is 6. The molecule has 330 valence electrons. The fraction of sp³-hybridized carbons (Fsp3) is 0. The Morgan fingerprint density at radius 2 is 0.614 bits per heavy atom. The molecule has 0 spiro atoms. The summed E-state index contributed by atoms with van der Waals surface area (Å²) < 4.78 is 5.09. The molecule has 0 bridgehead atoms. The number of para-hydroxylation sites is 4. The molecule has 0 fully saturated rings. The lowest BCUT2D eigenvalue weighted by atomic mass is 9.91. The van der Waals surface area contributed by atoms with E-state index in [-0.39, 0.29) is 0 Å². The summed E-state index contributed by atoms with van der Waals surface area (Å²) in [7, 11) is 0. The molecule has 0 amide bonds. The lowest BCUT2D eigenvalue weighted by Gasteiger charge is -2.28.